The van der Waals surface area contributed by atoms with Gasteiger partial charge in [0.25, 0.3) is 5.91 Å². The fourth-order valence-corrected chi connectivity index (χ4v) is 4.55. The summed E-state index contributed by atoms with van der Waals surface area (Å²) in [7, 11) is -2.16. The molecular formula is C23H19FN4O3S. The van der Waals surface area contributed by atoms with Crippen LogP contribution in [0.3, 0.4) is 0 Å². The van der Waals surface area contributed by atoms with Gasteiger partial charge >= 0.3 is 0 Å². The summed E-state index contributed by atoms with van der Waals surface area (Å²) < 4.78 is 40.0. The number of aromatic nitrogens is 2. The number of nitrogen functional groups attached to an aromatic ring is 1. The first-order chi connectivity index (χ1) is 15.3. The molecule has 0 atom stereocenters. The van der Waals surface area contributed by atoms with Gasteiger partial charge in [0.1, 0.15) is 5.82 Å². The molecule has 0 fully saturated rings. The third-order valence-electron chi connectivity index (χ3n) is 4.95. The zero-order chi connectivity index (χ0) is 22.9. The zero-order valence-electron chi connectivity index (χ0n) is 17.0. The van der Waals surface area contributed by atoms with Gasteiger partial charge in [0, 0.05) is 12.6 Å². The second kappa shape index (κ2) is 8.27. The van der Waals surface area contributed by atoms with Crippen LogP contribution in [-0.2, 0) is 16.9 Å². The Kier molecular flexibility index (Phi) is 5.50. The molecule has 9 heteroatoms. The zero-order valence-corrected chi connectivity index (χ0v) is 17.8. The maximum Gasteiger partial charge on any atom is 0.255 e. The molecule has 0 radical (unpaired) electrons. The number of halogens is 1. The van der Waals surface area contributed by atoms with E-state index in [2.05, 4.69) is 10.3 Å². The van der Waals surface area contributed by atoms with E-state index in [0.29, 0.717) is 11.4 Å². The van der Waals surface area contributed by atoms with Crippen LogP contribution >= 0.6 is 0 Å². The van der Waals surface area contributed by atoms with Crippen molar-refractivity contribution in [2.75, 3.05) is 11.1 Å². The fraction of sp³-hybridized carbons (Fsp3) is 0.0435. The van der Waals surface area contributed by atoms with E-state index in [4.69, 9.17) is 5.73 Å². The first-order valence-corrected chi connectivity index (χ1v) is 11.0. The Hall–Kier alpha value is -3.98. The number of nitrogens with one attached hydrogen (secondary N) is 1. The number of hydrogen-bond acceptors (Lipinski definition) is 5. The van der Waals surface area contributed by atoms with Crippen molar-refractivity contribution in [2.45, 2.75) is 9.92 Å². The summed E-state index contributed by atoms with van der Waals surface area (Å²) in [6, 6.07) is 16.7. The van der Waals surface area contributed by atoms with Crippen LogP contribution in [0.5, 0.6) is 0 Å². The van der Waals surface area contributed by atoms with Gasteiger partial charge in [-0.05, 0) is 59.7 Å². The highest BCUT2D eigenvalue weighted by Gasteiger charge is 2.21. The minimum Gasteiger partial charge on any atom is -0.397 e. The topological polar surface area (TPSA) is 107 Å². The second-order valence-corrected chi connectivity index (χ2v) is 9.03. The minimum absolute atomic E-state index is 0.0514. The molecule has 1 heterocycles. The van der Waals surface area contributed by atoms with Crippen LogP contribution in [0.25, 0.3) is 11.1 Å². The smallest absolute Gasteiger partial charge is 0.255 e. The number of hydrogen-bond donors (Lipinski definition) is 2. The Balaban J connectivity index is 1.56. The van der Waals surface area contributed by atoms with E-state index in [0.717, 1.165) is 11.1 Å². The molecule has 7 nitrogen and oxygen atoms in total. The van der Waals surface area contributed by atoms with Crippen LogP contribution in [0.4, 0.5) is 15.8 Å². The molecule has 1 amide bonds. The van der Waals surface area contributed by atoms with E-state index in [1.54, 1.807) is 37.4 Å². The van der Waals surface area contributed by atoms with Crippen molar-refractivity contribution in [2.24, 2.45) is 7.05 Å². The van der Waals surface area contributed by atoms with Crippen LogP contribution in [0.2, 0.25) is 0 Å². The van der Waals surface area contributed by atoms with Crippen molar-refractivity contribution in [3.63, 3.8) is 0 Å². The van der Waals surface area contributed by atoms with E-state index in [-0.39, 0.29) is 21.3 Å². The lowest BCUT2D eigenvalue weighted by atomic mass is 10.0. The standard InChI is InChI=1S/C23H19FN4O3S/c1-28-14-26-13-22(28)32(30,31)19-9-4-16(5-10-19)23(29)27-21-12-17(6-11-20(21)25)15-2-7-18(24)8-3-15/h2-14H,25H2,1H3,(H,27,29). The number of benzene rings is 3. The highest BCUT2D eigenvalue weighted by molar-refractivity contribution is 7.91. The van der Waals surface area contributed by atoms with Gasteiger partial charge in [-0.1, -0.05) is 18.2 Å². The molecule has 1 aromatic heterocycles. The molecule has 32 heavy (non-hydrogen) atoms. The quantitative estimate of drug-likeness (QED) is 0.449. The molecule has 3 N–H and O–H groups in total. The number of sulfone groups is 1. The normalized spacial score (nSPS) is 11.3. The molecule has 3 aromatic carbocycles. The number of imidazole rings is 1. The van der Waals surface area contributed by atoms with Crippen LogP contribution in [0.1, 0.15) is 10.4 Å². The first kappa shape index (κ1) is 21.3. The van der Waals surface area contributed by atoms with Crippen molar-refractivity contribution < 1.29 is 17.6 Å². The average molecular weight is 450 g/mol. The monoisotopic (exact) mass is 450 g/mol. The number of amides is 1. The molecule has 4 rings (SSSR count). The number of nitrogens with zero attached hydrogens (tertiary/aromatic N) is 2. The number of rotatable bonds is 5. The van der Waals surface area contributed by atoms with Gasteiger partial charge in [-0.2, -0.15) is 0 Å². The van der Waals surface area contributed by atoms with E-state index in [1.165, 1.54) is 53.5 Å². The number of nitrogens with two attached hydrogens (primary N) is 1. The summed E-state index contributed by atoms with van der Waals surface area (Å²) in [5.74, 6) is -0.788. The predicted octanol–water partition coefficient (Wildman–Crippen LogP) is 3.89. The summed E-state index contributed by atoms with van der Waals surface area (Å²) in [6.07, 6.45) is 2.67. The van der Waals surface area contributed by atoms with Gasteiger partial charge in [0.2, 0.25) is 9.84 Å². The van der Waals surface area contributed by atoms with Crippen molar-refractivity contribution in [1.82, 2.24) is 9.55 Å². The van der Waals surface area contributed by atoms with E-state index >= 15 is 0 Å². The van der Waals surface area contributed by atoms with Crippen molar-refractivity contribution in [1.29, 1.82) is 0 Å². The van der Waals surface area contributed by atoms with Crippen LogP contribution in [0, 0.1) is 5.82 Å². The Morgan fingerprint density at radius 3 is 2.28 bits per heavy atom. The summed E-state index contributed by atoms with van der Waals surface area (Å²) in [6.45, 7) is 0. The molecular weight excluding hydrogens is 431 g/mol. The maximum absolute atomic E-state index is 13.2. The van der Waals surface area contributed by atoms with E-state index in [9.17, 15) is 17.6 Å². The lowest BCUT2D eigenvalue weighted by Crippen LogP contribution is -2.14. The molecule has 0 saturated carbocycles. The molecule has 0 spiro atoms. The fourth-order valence-electron chi connectivity index (χ4n) is 3.19. The van der Waals surface area contributed by atoms with E-state index < -0.39 is 15.7 Å². The Morgan fingerprint density at radius 1 is 1.00 bits per heavy atom. The Morgan fingerprint density at radius 2 is 1.66 bits per heavy atom. The molecule has 4 aromatic rings. The molecule has 162 valence electrons. The maximum atomic E-state index is 13.2. The minimum atomic E-state index is -3.75. The third-order valence-corrected chi connectivity index (χ3v) is 6.79. The van der Waals surface area contributed by atoms with Gasteiger partial charge in [-0.3, -0.25) is 4.79 Å². The first-order valence-electron chi connectivity index (χ1n) is 9.54. The Labute approximate surface area is 184 Å². The highest BCUT2D eigenvalue weighted by atomic mass is 32.2. The highest BCUT2D eigenvalue weighted by Crippen LogP contribution is 2.28. The molecule has 0 bridgehead atoms. The van der Waals surface area contributed by atoms with Crippen LogP contribution < -0.4 is 11.1 Å². The number of anilines is 2. The largest absolute Gasteiger partial charge is 0.397 e. The molecule has 0 unspecified atom stereocenters. The van der Waals surface area contributed by atoms with Crippen molar-refractivity contribution in [3.8, 4) is 11.1 Å². The lowest BCUT2D eigenvalue weighted by Gasteiger charge is -2.11. The number of carbonyl (C=O) groups is 1. The predicted molar refractivity (Wildman–Crippen MR) is 119 cm³/mol. The van der Waals surface area contributed by atoms with Gasteiger partial charge in [0.05, 0.1) is 28.8 Å². The SMILES string of the molecule is Cn1cncc1S(=O)(=O)c1ccc(C(=O)Nc2cc(-c3ccc(F)cc3)ccc2N)cc1. The molecule has 0 aliphatic rings. The molecule has 0 saturated heterocycles. The summed E-state index contributed by atoms with van der Waals surface area (Å²) in [5, 5.41) is 2.80. The number of carbonyl (C=O) groups excluding carboxylic acids is 1. The van der Waals surface area contributed by atoms with Crippen LogP contribution in [0.15, 0.2) is 89.2 Å². The lowest BCUT2D eigenvalue weighted by molar-refractivity contribution is 0.102. The Bertz CT molecular complexity index is 1400. The third kappa shape index (κ3) is 4.10. The number of aryl methyl sites for hydroxylation is 1. The van der Waals surface area contributed by atoms with Crippen molar-refractivity contribution in [3.05, 3.63) is 90.6 Å². The van der Waals surface area contributed by atoms with Gasteiger partial charge in [-0.25, -0.2) is 17.8 Å². The molecule has 0 aliphatic heterocycles. The summed E-state index contributed by atoms with van der Waals surface area (Å²) in [4.78, 5) is 16.6. The van der Waals surface area contributed by atoms with Crippen LogP contribution in [-0.4, -0.2) is 23.9 Å². The van der Waals surface area contributed by atoms with Crippen molar-refractivity contribution >= 4 is 27.1 Å². The van der Waals surface area contributed by atoms with E-state index in [1.807, 2.05) is 0 Å². The summed E-state index contributed by atoms with van der Waals surface area (Å²) in [5.41, 5.74) is 8.55. The molecule has 0 aliphatic carbocycles. The summed E-state index contributed by atoms with van der Waals surface area (Å²) >= 11 is 0. The average Bonchev–Trinajstić information content (AvgIpc) is 3.23. The van der Waals surface area contributed by atoms with Gasteiger partial charge in [-0.15, -0.1) is 0 Å². The van der Waals surface area contributed by atoms with Gasteiger partial charge in [0.15, 0.2) is 5.03 Å². The van der Waals surface area contributed by atoms with Gasteiger partial charge < -0.3 is 15.6 Å². The second-order valence-electron chi connectivity index (χ2n) is 7.13.